The van der Waals surface area contributed by atoms with E-state index in [-0.39, 0.29) is 6.61 Å². The van der Waals surface area contributed by atoms with Crippen molar-refractivity contribution < 1.29 is 45.6 Å². The van der Waals surface area contributed by atoms with Crippen molar-refractivity contribution in [2.75, 3.05) is 20.0 Å². The number of methoxy groups -OCH3 is 1. The highest BCUT2D eigenvalue weighted by molar-refractivity contribution is 7.86. The normalized spacial score (nSPS) is 24.0. The Kier molecular flexibility index (Phi) is 10.2. The van der Waals surface area contributed by atoms with Crippen molar-refractivity contribution in [2.45, 2.75) is 76.8 Å². The van der Waals surface area contributed by atoms with Gasteiger partial charge in [-0.05, 0) is 22.3 Å². The fraction of sp³-hybridized carbons (Fsp3) is 0.517. The summed E-state index contributed by atoms with van der Waals surface area (Å²) in [6.07, 6.45) is -4.06. The molecule has 2 aromatic carbocycles. The topological polar surface area (TPSA) is 124 Å². The third-order valence-electron chi connectivity index (χ3n) is 7.16. The van der Waals surface area contributed by atoms with Gasteiger partial charge in [0.05, 0.1) is 12.9 Å². The summed E-state index contributed by atoms with van der Waals surface area (Å²) < 4.78 is 60.3. The zero-order chi connectivity index (χ0) is 30.6. The molecule has 10 nitrogen and oxygen atoms in total. The number of benzene rings is 2. The summed E-state index contributed by atoms with van der Waals surface area (Å²) in [4.78, 5) is 24.1. The summed E-state index contributed by atoms with van der Waals surface area (Å²) >= 11 is 0. The number of hydrogen-bond donors (Lipinski definition) is 0. The first-order valence-corrected chi connectivity index (χ1v) is 17.0. The number of esters is 2. The van der Waals surface area contributed by atoms with Crippen LogP contribution in [-0.4, -0.2) is 78.8 Å². The first kappa shape index (κ1) is 32.9. The fourth-order valence-corrected chi connectivity index (χ4v) is 10.8. The van der Waals surface area contributed by atoms with Crippen LogP contribution in [0.25, 0.3) is 0 Å². The maximum Gasteiger partial charge on any atom is 0.305 e. The Bertz CT molecular complexity index is 1260. The predicted octanol–water partition coefficient (Wildman–Crippen LogP) is 2.53. The molecule has 0 aliphatic carbocycles. The van der Waals surface area contributed by atoms with E-state index < -0.39 is 65.6 Å². The summed E-state index contributed by atoms with van der Waals surface area (Å²) in [7, 11) is -5.80. The minimum absolute atomic E-state index is 0.245. The van der Waals surface area contributed by atoms with Crippen molar-refractivity contribution in [3.63, 3.8) is 0 Å². The van der Waals surface area contributed by atoms with Crippen molar-refractivity contribution in [3.8, 4) is 0 Å². The maximum absolute atomic E-state index is 12.3. The lowest BCUT2D eigenvalue weighted by Gasteiger charge is -2.46. The average Bonchev–Trinajstić information content (AvgIpc) is 3.15. The number of hydrogen-bond acceptors (Lipinski definition) is 10. The van der Waals surface area contributed by atoms with Gasteiger partial charge in [0.2, 0.25) is 6.29 Å². The predicted molar refractivity (Wildman–Crippen MR) is 155 cm³/mol. The molecule has 226 valence electrons. The number of carbonyl (C=O) groups excluding carboxylic acids is 2. The van der Waals surface area contributed by atoms with Crippen LogP contribution in [0.4, 0.5) is 0 Å². The molecule has 12 heteroatoms. The molecule has 2 aromatic rings. The molecule has 1 heterocycles. The van der Waals surface area contributed by atoms with Crippen molar-refractivity contribution in [3.05, 3.63) is 60.7 Å². The average molecular weight is 609 g/mol. The van der Waals surface area contributed by atoms with E-state index in [1.54, 1.807) is 0 Å². The standard InChI is InChI=1S/C29H40O10SSi/c1-20(39-40(8,32)33)29(26(34-7)25(36-21(2)30)27(38-29)37-22(3)31)19-35-41(28(4,5)6,23-15-11-9-12-16-23)24-17-13-10-14-18-24/h9-18,20,25-27H,19H2,1-8H3/t20?,25-,26+,27?,29+/m1/s1. The Labute approximate surface area is 243 Å². The molecular weight excluding hydrogens is 568 g/mol. The molecule has 1 aliphatic heterocycles. The van der Waals surface area contributed by atoms with E-state index in [1.165, 1.54) is 27.9 Å². The van der Waals surface area contributed by atoms with E-state index in [2.05, 4.69) is 20.8 Å². The van der Waals surface area contributed by atoms with Crippen LogP contribution in [0.3, 0.4) is 0 Å². The second kappa shape index (κ2) is 12.7. The molecule has 0 aromatic heterocycles. The first-order chi connectivity index (χ1) is 19.1. The highest BCUT2D eigenvalue weighted by Gasteiger charge is 2.64. The van der Waals surface area contributed by atoms with E-state index in [1.807, 2.05) is 60.7 Å². The summed E-state index contributed by atoms with van der Waals surface area (Å²) in [5, 5.41) is 1.53. The van der Waals surface area contributed by atoms with Gasteiger partial charge in [0, 0.05) is 21.0 Å². The van der Waals surface area contributed by atoms with Gasteiger partial charge in [-0.3, -0.25) is 13.8 Å². The van der Waals surface area contributed by atoms with Crippen molar-refractivity contribution in [1.82, 2.24) is 0 Å². The van der Waals surface area contributed by atoms with Crippen LogP contribution in [0.15, 0.2) is 60.7 Å². The van der Waals surface area contributed by atoms with Gasteiger partial charge in [-0.25, -0.2) is 0 Å². The van der Waals surface area contributed by atoms with Crippen molar-refractivity contribution in [2.24, 2.45) is 0 Å². The summed E-state index contributed by atoms with van der Waals surface area (Å²) in [5.41, 5.74) is -1.69. The van der Waals surface area contributed by atoms with E-state index in [9.17, 15) is 18.0 Å². The molecule has 1 aliphatic rings. The lowest BCUT2D eigenvalue weighted by Crippen LogP contribution is -2.69. The van der Waals surface area contributed by atoms with E-state index in [0.717, 1.165) is 16.6 Å². The quantitative estimate of drug-likeness (QED) is 0.214. The third-order valence-corrected chi connectivity index (χ3v) is 12.8. The van der Waals surface area contributed by atoms with Gasteiger partial charge in [0.1, 0.15) is 12.2 Å². The van der Waals surface area contributed by atoms with Crippen LogP contribution in [0.1, 0.15) is 41.5 Å². The molecule has 1 fully saturated rings. The lowest BCUT2D eigenvalue weighted by molar-refractivity contribution is -0.221. The van der Waals surface area contributed by atoms with Crippen LogP contribution in [-0.2, 0) is 47.3 Å². The minimum Gasteiger partial charge on any atom is -0.453 e. The van der Waals surface area contributed by atoms with Crippen LogP contribution in [0, 0.1) is 0 Å². The molecule has 41 heavy (non-hydrogen) atoms. The Morgan fingerprint density at radius 3 is 1.83 bits per heavy atom. The molecule has 1 saturated heterocycles. The number of ether oxygens (including phenoxy) is 4. The van der Waals surface area contributed by atoms with Gasteiger partial charge in [-0.15, -0.1) is 0 Å². The second-order valence-corrected chi connectivity index (χ2v) is 17.1. The summed E-state index contributed by atoms with van der Waals surface area (Å²) in [6, 6.07) is 19.7. The molecule has 0 spiro atoms. The largest absolute Gasteiger partial charge is 0.453 e. The zero-order valence-corrected chi connectivity index (χ0v) is 26.6. The SMILES string of the molecule is CO[C@H]1[C@@H](OC(C)=O)C(OC(C)=O)O[C@@]1(CO[Si](c1ccccc1)(c1ccccc1)C(C)(C)C)C(C)OS(C)(=O)=O. The first-order valence-electron chi connectivity index (χ1n) is 13.3. The molecule has 0 radical (unpaired) electrons. The molecule has 2 unspecified atom stereocenters. The van der Waals surface area contributed by atoms with Gasteiger partial charge < -0.3 is 23.4 Å². The van der Waals surface area contributed by atoms with E-state index in [4.69, 9.17) is 27.6 Å². The van der Waals surface area contributed by atoms with Gasteiger partial charge in [0.25, 0.3) is 18.4 Å². The zero-order valence-electron chi connectivity index (χ0n) is 24.8. The maximum atomic E-state index is 12.3. The monoisotopic (exact) mass is 608 g/mol. The Morgan fingerprint density at radius 1 is 0.951 bits per heavy atom. The lowest BCUT2D eigenvalue weighted by atomic mass is 9.90. The molecule has 0 saturated carbocycles. The second-order valence-electron chi connectivity index (χ2n) is 11.2. The van der Waals surface area contributed by atoms with Crippen molar-refractivity contribution in [1.29, 1.82) is 0 Å². The fourth-order valence-electron chi connectivity index (χ4n) is 5.56. The molecule has 0 amide bonds. The van der Waals surface area contributed by atoms with Gasteiger partial charge >= 0.3 is 11.9 Å². The van der Waals surface area contributed by atoms with E-state index in [0.29, 0.717) is 0 Å². The summed E-state index contributed by atoms with van der Waals surface area (Å²) in [6.45, 7) is 9.92. The van der Waals surface area contributed by atoms with Gasteiger partial charge in [0.15, 0.2) is 11.7 Å². The van der Waals surface area contributed by atoms with E-state index >= 15 is 0 Å². The van der Waals surface area contributed by atoms with Crippen LogP contribution < -0.4 is 10.4 Å². The van der Waals surface area contributed by atoms with Crippen LogP contribution in [0.5, 0.6) is 0 Å². The smallest absolute Gasteiger partial charge is 0.305 e. The molecule has 0 N–H and O–H groups in total. The number of carbonyl (C=O) groups is 2. The number of rotatable bonds is 11. The minimum atomic E-state index is -3.99. The molecule has 3 rings (SSSR count). The van der Waals surface area contributed by atoms with Crippen LogP contribution >= 0.6 is 0 Å². The Hall–Kier alpha value is -2.61. The third kappa shape index (κ3) is 7.07. The van der Waals surface area contributed by atoms with Gasteiger partial charge in [-0.1, -0.05) is 81.4 Å². The molecule has 0 bridgehead atoms. The Morgan fingerprint density at radius 2 is 1.44 bits per heavy atom. The van der Waals surface area contributed by atoms with Crippen molar-refractivity contribution >= 4 is 40.7 Å². The Balaban J connectivity index is 2.24. The molecular formula is C29H40O10SSi. The van der Waals surface area contributed by atoms with Crippen LogP contribution in [0.2, 0.25) is 5.04 Å². The highest BCUT2D eigenvalue weighted by atomic mass is 32.2. The highest BCUT2D eigenvalue weighted by Crippen LogP contribution is 2.43. The summed E-state index contributed by atoms with van der Waals surface area (Å²) in [5.74, 6) is -1.36. The van der Waals surface area contributed by atoms with Gasteiger partial charge in [-0.2, -0.15) is 8.42 Å². The molecule has 5 atom stereocenters.